The van der Waals surface area contributed by atoms with E-state index in [-0.39, 0.29) is 11.4 Å². The molecule has 0 aliphatic heterocycles. The highest BCUT2D eigenvalue weighted by Crippen LogP contribution is 2.19. The van der Waals surface area contributed by atoms with Gasteiger partial charge in [-0.2, -0.15) is 5.10 Å². The molecule has 0 atom stereocenters. The number of carbonyl (C=O) groups is 1. The largest absolute Gasteiger partial charge is 0.506 e. The summed E-state index contributed by atoms with van der Waals surface area (Å²) in [5, 5.41) is 13.1. The van der Waals surface area contributed by atoms with Gasteiger partial charge in [0.2, 0.25) is 0 Å². The van der Waals surface area contributed by atoms with Crippen LogP contribution in [0.4, 0.5) is 0 Å². The van der Waals surface area contributed by atoms with E-state index < -0.39 is 5.91 Å². The molecule has 6 nitrogen and oxygen atoms in total. The maximum absolute atomic E-state index is 10.9. The quantitative estimate of drug-likeness (QED) is 0.757. The maximum Gasteiger partial charge on any atom is 0.269 e. The Balaban J connectivity index is 2.47. The molecule has 0 unspecified atom stereocenters. The maximum atomic E-state index is 10.9. The molecule has 3 N–H and O–H groups in total. The lowest BCUT2D eigenvalue weighted by molar-refractivity contribution is 0.0995. The van der Waals surface area contributed by atoms with Crippen LogP contribution >= 0.6 is 0 Å². The average molecular weight is 218 g/mol. The molecule has 0 spiro atoms. The molecule has 2 aromatic heterocycles. The second kappa shape index (κ2) is 3.65. The smallest absolute Gasteiger partial charge is 0.269 e. The SMILES string of the molecule is Cn1nc(C(N)=O)cc1-c1ccc(O)cn1. The zero-order chi connectivity index (χ0) is 11.7. The van der Waals surface area contributed by atoms with Gasteiger partial charge in [-0.25, -0.2) is 0 Å². The van der Waals surface area contributed by atoms with Gasteiger partial charge in [-0.3, -0.25) is 14.5 Å². The summed E-state index contributed by atoms with van der Waals surface area (Å²) in [6, 6.07) is 4.71. The summed E-state index contributed by atoms with van der Waals surface area (Å²) in [7, 11) is 1.69. The molecule has 16 heavy (non-hydrogen) atoms. The average Bonchev–Trinajstić information content (AvgIpc) is 2.62. The Bertz CT molecular complexity index is 530. The van der Waals surface area contributed by atoms with Crippen LogP contribution < -0.4 is 5.73 Å². The van der Waals surface area contributed by atoms with E-state index in [1.165, 1.54) is 16.9 Å². The first-order chi connectivity index (χ1) is 7.58. The van der Waals surface area contributed by atoms with Crippen molar-refractivity contribution in [2.24, 2.45) is 12.8 Å². The molecule has 0 aliphatic carbocycles. The van der Waals surface area contributed by atoms with Crippen LogP contribution in [0.1, 0.15) is 10.5 Å². The minimum atomic E-state index is -0.583. The van der Waals surface area contributed by atoms with Crippen molar-refractivity contribution in [2.75, 3.05) is 0 Å². The third-order valence-electron chi connectivity index (χ3n) is 2.14. The van der Waals surface area contributed by atoms with E-state index >= 15 is 0 Å². The summed E-state index contributed by atoms with van der Waals surface area (Å²) in [5.74, 6) is -0.498. The lowest BCUT2D eigenvalue weighted by atomic mass is 10.2. The molecule has 2 rings (SSSR count). The van der Waals surface area contributed by atoms with Crippen molar-refractivity contribution in [3.63, 3.8) is 0 Å². The molecule has 0 saturated heterocycles. The predicted molar refractivity (Wildman–Crippen MR) is 56.6 cm³/mol. The zero-order valence-corrected chi connectivity index (χ0v) is 8.58. The van der Waals surface area contributed by atoms with Crippen molar-refractivity contribution in [1.29, 1.82) is 0 Å². The van der Waals surface area contributed by atoms with E-state index in [2.05, 4.69) is 10.1 Å². The predicted octanol–water partition coefficient (Wildman–Crippen LogP) is 0.287. The van der Waals surface area contributed by atoms with Crippen LogP contribution in [0.3, 0.4) is 0 Å². The number of nitrogens with zero attached hydrogens (tertiary/aromatic N) is 3. The third-order valence-corrected chi connectivity index (χ3v) is 2.14. The standard InChI is InChI=1S/C10H10N4O2/c1-14-9(4-8(13-14)10(11)16)7-3-2-6(15)5-12-7/h2-5,15H,1H3,(H2,11,16). The molecule has 0 fully saturated rings. The van der Waals surface area contributed by atoms with Gasteiger partial charge in [-0.15, -0.1) is 0 Å². The van der Waals surface area contributed by atoms with Gasteiger partial charge in [0.15, 0.2) is 5.69 Å². The highest BCUT2D eigenvalue weighted by molar-refractivity contribution is 5.91. The highest BCUT2D eigenvalue weighted by atomic mass is 16.3. The van der Waals surface area contributed by atoms with Gasteiger partial charge in [0.25, 0.3) is 5.91 Å². The van der Waals surface area contributed by atoms with Crippen molar-refractivity contribution >= 4 is 5.91 Å². The van der Waals surface area contributed by atoms with Gasteiger partial charge in [0.1, 0.15) is 5.75 Å². The third kappa shape index (κ3) is 1.72. The minimum absolute atomic E-state index is 0.0843. The van der Waals surface area contributed by atoms with E-state index in [1.54, 1.807) is 19.2 Å². The number of aryl methyl sites for hydroxylation is 1. The molecule has 0 bridgehead atoms. The van der Waals surface area contributed by atoms with Gasteiger partial charge >= 0.3 is 0 Å². The second-order valence-corrected chi connectivity index (χ2v) is 3.30. The Morgan fingerprint density at radius 1 is 1.50 bits per heavy atom. The van der Waals surface area contributed by atoms with Crippen LogP contribution in [0.15, 0.2) is 24.4 Å². The highest BCUT2D eigenvalue weighted by Gasteiger charge is 2.11. The number of nitrogens with two attached hydrogens (primary N) is 1. The van der Waals surface area contributed by atoms with Gasteiger partial charge < -0.3 is 10.8 Å². The fraction of sp³-hybridized carbons (Fsp3) is 0.100. The van der Waals surface area contributed by atoms with Gasteiger partial charge in [-0.1, -0.05) is 0 Å². The number of pyridine rings is 1. The lowest BCUT2D eigenvalue weighted by Crippen LogP contribution is -2.11. The summed E-state index contributed by atoms with van der Waals surface area (Å²) in [5.41, 5.74) is 6.58. The molecule has 0 radical (unpaired) electrons. The summed E-state index contributed by atoms with van der Waals surface area (Å²) in [6.07, 6.45) is 1.33. The van der Waals surface area contributed by atoms with Crippen LogP contribution in [-0.2, 0) is 7.05 Å². The van der Waals surface area contributed by atoms with E-state index in [0.29, 0.717) is 11.4 Å². The molecule has 0 saturated carbocycles. The number of aromatic hydroxyl groups is 1. The minimum Gasteiger partial charge on any atom is -0.506 e. The van der Waals surface area contributed by atoms with Crippen molar-refractivity contribution in [3.05, 3.63) is 30.1 Å². The normalized spacial score (nSPS) is 10.3. The molecule has 2 heterocycles. The van der Waals surface area contributed by atoms with Crippen LogP contribution in [-0.4, -0.2) is 25.8 Å². The molecule has 6 heteroatoms. The fourth-order valence-corrected chi connectivity index (χ4v) is 1.36. The Morgan fingerprint density at radius 2 is 2.25 bits per heavy atom. The first-order valence-corrected chi connectivity index (χ1v) is 4.57. The molecule has 2 aromatic rings. The molecule has 1 amide bonds. The molecular formula is C10H10N4O2. The molecular weight excluding hydrogens is 208 g/mol. The van der Waals surface area contributed by atoms with E-state index in [0.717, 1.165) is 0 Å². The summed E-state index contributed by atoms with van der Waals surface area (Å²) in [4.78, 5) is 15.0. The fourth-order valence-electron chi connectivity index (χ4n) is 1.36. The molecule has 82 valence electrons. The Labute approximate surface area is 91.3 Å². The number of amides is 1. The number of hydrogen-bond acceptors (Lipinski definition) is 4. The summed E-state index contributed by atoms with van der Waals surface area (Å²) in [6.45, 7) is 0. The Morgan fingerprint density at radius 3 is 2.75 bits per heavy atom. The number of carbonyl (C=O) groups excluding carboxylic acids is 1. The molecule has 0 aromatic carbocycles. The van der Waals surface area contributed by atoms with Gasteiger partial charge in [0.05, 0.1) is 17.6 Å². The number of hydrogen-bond donors (Lipinski definition) is 2. The van der Waals surface area contributed by atoms with E-state index in [4.69, 9.17) is 10.8 Å². The van der Waals surface area contributed by atoms with Crippen molar-refractivity contribution in [3.8, 4) is 17.1 Å². The lowest BCUT2D eigenvalue weighted by Gasteiger charge is -1.99. The van der Waals surface area contributed by atoms with Crippen LogP contribution in [0.2, 0.25) is 0 Å². The first-order valence-electron chi connectivity index (χ1n) is 4.57. The zero-order valence-electron chi connectivity index (χ0n) is 8.58. The number of rotatable bonds is 2. The molecule has 0 aliphatic rings. The summed E-state index contributed by atoms with van der Waals surface area (Å²) >= 11 is 0. The van der Waals surface area contributed by atoms with Crippen molar-refractivity contribution in [2.45, 2.75) is 0 Å². The Kier molecular flexibility index (Phi) is 2.32. The van der Waals surface area contributed by atoms with Gasteiger partial charge in [-0.05, 0) is 18.2 Å². The van der Waals surface area contributed by atoms with Crippen LogP contribution in [0.25, 0.3) is 11.4 Å². The number of primary amides is 1. The van der Waals surface area contributed by atoms with Gasteiger partial charge in [0, 0.05) is 7.05 Å². The first kappa shape index (κ1) is 10.2. The van der Waals surface area contributed by atoms with Crippen molar-refractivity contribution in [1.82, 2.24) is 14.8 Å². The van der Waals surface area contributed by atoms with E-state index in [1.807, 2.05) is 0 Å². The number of aromatic nitrogens is 3. The van der Waals surface area contributed by atoms with Crippen LogP contribution in [0, 0.1) is 0 Å². The van der Waals surface area contributed by atoms with Crippen molar-refractivity contribution < 1.29 is 9.90 Å². The van der Waals surface area contributed by atoms with Crippen LogP contribution in [0.5, 0.6) is 5.75 Å². The second-order valence-electron chi connectivity index (χ2n) is 3.30. The monoisotopic (exact) mass is 218 g/mol. The topological polar surface area (TPSA) is 94.0 Å². The van der Waals surface area contributed by atoms with E-state index in [9.17, 15) is 4.79 Å². The summed E-state index contributed by atoms with van der Waals surface area (Å²) < 4.78 is 1.51. The Hall–Kier alpha value is -2.37.